The second kappa shape index (κ2) is 7.58. The van der Waals surface area contributed by atoms with Crippen LogP contribution in [0.15, 0.2) is 12.4 Å². The highest BCUT2D eigenvalue weighted by atomic mass is 16.4. The normalized spacial score (nSPS) is 21.7. The summed E-state index contributed by atoms with van der Waals surface area (Å²) in [6.45, 7) is 0.830. The van der Waals surface area contributed by atoms with E-state index in [9.17, 15) is 14.4 Å². The Labute approximate surface area is 145 Å². The molecular weight excluding hydrogens is 324 g/mol. The maximum absolute atomic E-state index is 12.8. The molecule has 1 atom stereocenters. The molecule has 1 aromatic rings. The number of nitrogens with one attached hydrogen (secondary N) is 1. The van der Waals surface area contributed by atoms with Crippen LogP contribution in [0.1, 0.15) is 59.5 Å². The van der Waals surface area contributed by atoms with Crippen molar-refractivity contribution in [2.24, 2.45) is 5.92 Å². The highest BCUT2D eigenvalue weighted by molar-refractivity contribution is 5.97. The Morgan fingerprint density at radius 3 is 2.48 bits per heavy atom. The summed E-state index contributed by atoms with van der Waals surface area (Å²) in [5, 5.41) is 11.7. The summed E-state index contributed by atoms with van der Waals surface area (Å²) >= 11 is 0. The molecule has 25 heavy (non-hydrogen) atoms. The zero-order valence-corrected chi connectivity index (χ0v) is 14.0. The number of carbonyl (C=O) groups excluding carboxylic acids is 2. The molecule has 3 rings (SSSR count). The van der Waals surface area contributed by atoms with Gasteiger partial charge in [0.15, 0.2) is 5.69 Å². The molecule has 0 aromatic carbocycles. The molecule has 0 spiro atoms. The molecule has 8 heteroatoms. The number of carboxylic acids is 1. The van der Waals surface area contributed by atoms with Crippen molar-refractivity contribution in [1.82, 2.24) is 20.2 Å². The third-order valence-electron chi connectivity index (χ3n) is 4.96. The lowest BCUT2D eigenvalue weighted by atomic mass is 9.84. The predicted molar refractivity (Wildman–Crippen MR) is 88.0 cm³/mol. The van der Waals surface area contributed by atoms with Crippen LogP contribution in [0.2, 0.25) is 0 Å². The molecule has 8 nitrogen and oxygen atoms in total. The Morgan fingerprint density at radius 1 is 1.16 bits per heavy atom. The number of amides is 2. The molecule has 1 saturated carbocycles. The van der Waals surface area contributed by atoms with E-state index in [4.69, 9.17) is 5.11 Å². The quantitative estimate of drug-likeness (QED) is 0.844. The zero-order valence-electron chi connectivity index (χ0n) is 14.0. The molecule has 1 aliphatic heterocycles. The van der Waals surface area contributed by atoms with Gasteiger partial charge in [0, 0.05) is 13.1 Å². The number of hydrogen-bond acceptors (Lipinski definition) is 5. The minimum absolute atomic E-state index is 0.0633. The second-order valence-corrected chi connectivity index (χ2v) is 6.64. The smallest absolute Gasteiger partial charge is 0.356 e. The predicted octanol–water partition coefficient (Wildman–Crippen LogP) is 1.09. The van der Waals surface area contributed by atoms with Crippen molar-refractivity contribution in [1.29, 1.82) is 0 Å². The van der Waals surface area contributed by atoms with E-state index in [1.54, 1.807) is 4.90 Å². The average molecular weight is 346 g/mol. The molecule has 134 valence electrons. The first-order chi connectivity index (χ1) is 12.1. The van der Waals surface area contributed by atoms with Crippen LogP contribution in [0, 0.1) is 5.92 Å². The minimum atomic E-state index is -1.20. The molecule has 1 unspecified atom stereocenters. The van der Waals surface area contributed by atoms with Gasteiger partial charge in [0.05, 0.1) is 12.4 Å². The molecule has 1 aliphatic carbocycles. The topological polar surface area (TPSA) is 112 Å². The Hall–Kier alpha value is -2.51. The van der Waals surface area contributed by atoms with Crippen molar-refractivity contribution in [3.63, 3.8) is 0 Å². The molecule has 2 aliphatic rings. The lowest BCUT2D eigenvalue weighted by Gasteiger charge is -2.37. The highest BCUT2D eigenvalue weighted by Gasteiger charge is 2.36. The Kier molecular flexibility index (Phi) is 5.25. The largest absolute Gasteiger partial charge is 0.476 e. The average Bonchev–Trinajstić information content (AvgIpc) is 2.64. The molecule has 2 heterocycles. The van der Waals surface area contributed by atoms with E-state index < -0.39 is 12.0 Å². The Morgan fingerprint density at radius 2 is 1.84 bits per heavy atom. The van der Waals surface area contributed by atoms with E-state index in [1.165, 1.54) is 19.3 Å². The number of carboxylic acid groups (broad SMARTS) is 1. The number of carbonyl (C=O) groups is 3. The van der Waals surface area contributed by atoms with Gasteiger partial charge in [-0.3, -0.25) is 9.59 Å². The van der Waals surface area contributed by atoms with Crippen LogP contribution < -0.4 is 5.32 Å². The fourth-order valence-electron chi connectivity index (χ4n) is 3.63. The first-order valence-electron chi connectivity index (χ1n) is 8.70. The first kappa shape index (κ1) is 17.3. The van der Waals surface area contributed by atoms with Crippen LogP contribution in [0.3, 0.4) is 0 Å². The molecule has 1 aromatic heterocycles. The van der Waals surface area contributed by atoms with E-state index in [2.05, 4.69) is 15.3 Å². The Bertz CT molecular complexity index is 655. The van der Waals surface area contributed by atoms with Gasteiger partial charge >= 0.3 is 5.97 Å². The molecule has 2 N–H and O–H groups in total. The number of piperazine rings is 1. The minimum Gasteiger partial charge on any atom is -0.476 e. The number of aromatic carboxylic acids is 1. The van der Waals surface area contributed by atoms with Gasteiger partial charge in [-0.25, -0.2) is 14.8 Å². The second-order valence-electron chi connectivity index (χ2n) is 6.64. The van der Waals surface area contributed by atoms with Crippen molar-refractivity contribution in [3.8, 4) is 0 Å². The van der Waals surface area contributed by atoms with Gasteiger partial charge in [0.25, 0.3) is 5.91 Å². The van der Waals surface area contributed by atoms with Crippen molar-refractivity contribution < 1.29 is 19.5 Å². The number of aromatic nitrogens is 2. The number of rotatable bonds is 4. The number of nitrogens with zero attached hydrogens (tertiary/aromatic N) is 3. The summed E-state index contributed by atoms with van der Waals surface area (Å²) in [5.41, 5.74) is -0.153. The molecule has 2 amide bonds. The van der Waals surface area contributed by atoms with Gasteiger partial charge in [-0.2, -0.15) is 0 Å². The first-order valence-corrected chi connectivity index (χ1v) is 8.70. The maximum atomic E-state index is 12.8. The van der Waals surface area contributed by atoms with Crippen LogP contribution in [-0.4, -0.2) is 56.9 Å². The van der Waals surface area contributed by atoms with Crippen molar-refractivity contribution in [3.05, 3.63) is 23.8 Å². The monoisotopic (exact) mass is 346 g/mol. The molecule has 2 fully saturated rings. The Balaban J connectivity index is 1.75. The third kappa shape index (κ3) is 3.94. The molecule has 0 radical (unpaired) electrons. The van der Waals surface area contributed by atoms with Gasteiger partial charge in [-0.05, 0) is 12.3 Å². The van der Waals surface area contributed by atoms with Gasteiger partial charge < -0.3 is 15.3 Å². The fraction of sp³-hybridized carbons (Fsp3) is 0.588. The molecule has 0 bridgehead atoms. The van der Waals surface area contributed by atoms with Gasteiger partial charge in [-0.15, -0.1) is 0 Å². The van der Waals surface area contributed by atoms with Crippen molar-refractivity contribution in [2.75, 3.05) is 13.1 Å². The lowest BCUT2D eigenvalue weighted by Crippen LogP contribution is -2.57. The summed E-state index contributed by atoms with van der Waals surface area (Å²) in [4.78, 5) is 45.2. The van der Waals surface area contributed by atoms with Crippen LogP contribution in [0.4, 0.5) is 0 Å². The van der Waals surface area contributed by atoms with E-state index >= 15 is 0 Å². The highest BCUT2D eigenvalue weighted by Crippen LogP contribution is 2.29. The summed E-state index contributed by atoms with van der Waals surface area (Å²) in [6.07, 6.45) is 8.67. The standard InChI is InChI=1S/C17H22N4O4/c22-15-14(8-11-4-2-1-3-5-11)21(7-6-18-15)16(23)12-9-20-13(10-19-12)17(24)25/h9-11,14H,1-8H2,(H,18,22)(H,24,25). The summed E-state index contributed by atoms with van der Waals surface area (Å²) < 4.78 is 0. The van der Waals surface area contributed by atoms with E-state index in [0.717, 1.165) is 25.2 Å². The lowest BCUT2D eigenvalue weighted by molar-refractivity contribution is -0.128. The van der Waals surface area contributed by atoms with Gasteiger partial charge in [-0.1, -0.05) is 32.1 Å². The summed E-state index contributed by atoms with van der Waals surface area (Å²) in [6, 6.07) is -0.495. The van der Waals surface area contributed by atoms with Gasteiger partial charge in [0.2, 0.25) is 5.91 Å². The zero-order chi connectivity index (χ0) is 17.8. The van der Waals surface area contributed by atoms with E-state index in [1.807, 2.05) is 0 Å². The van der Waals surface area contributed by atoms with Crippen LogP contribution in [0.25, 0.3) is 0 Å². The van der Waals surface area contributed by atoms with Crippen molar-refractivity contribution in [2.45, 2.75) is 44.6 Å². The molecule has 1 saturated heterocycles. The third-order valence-corrected chi connectivity index (χ3v) is 4.96. The SMILES string of the molecule is O=C(O)c1cnc(C(=O)N2CCNC(=O)C2CC2CCCCC2)cn1. The van der Waals surface area contributed by atoms with Crippen LogP contribution in [-0.2, 0) is 4.79 Å². The van der Waals surface area contributed by atoms with E-state index in [0.29, 0.717) is 25.4 Å². The maximum Gasteiger partial charge on any atom is 0.356 e. The van der Waals surface area contributed by atoms with Gasteiger partial charge in [0.1, 0.15) is 11.7 Å². The van der Waals surface area contributed by atoms with Crippen LogP contribution >= 0.6 is 0 Å². The fourth-order valence-corrected chi connectivity index (χ4v) is 3.63. The molecular formula is C17H22N4O4. The van der Waals surface area contributed by atoms with Crippen molar-refractivity contribution >= 4 is 17.8 Å². The van der Waals surface area contributed by atoms with Crippen LogP contribution in [0.5, 0.6) is 0 Å². The number of hydrogen-bond donors (Lipinski definition) is 2. The summed E-state index contributed by atoms with van der Waals surface area (Å²) in [7, 11) is 0. The summed E-state index contributed by atoms with van der Waals surface area (Å²) in [5.74, 6) is -1.24. The van der Waals surface area contributed by atoms with E-state index in [-0.39, 0.29) is 23.2 Å².